The summed E-state index contributed by atoms with van der Waals surface area (Å²) in [6, 6.07) is 4.04. The van der Waals surface area contributed by atoms with Gasteiger partial charge < -0.3 is 4.74 Å². The highest BCUT2D eigenvalue weighted by molar-refractivity contribution is 7.09. The van der Waals surface area contributed by atoms with Crippen LogP contribution in [0.15, 0.2) is 23.6 Å². The number of thiazole rings is 1. The van der Waals surface area contributed by atoms with Gasteiger partial charge in [-0.3, -0.25) is 4.79 Å². The average molecular weight is 305 g/mol. The van der Waals surface area contributed by atoms with E-state index >= 15 is 0 Å². The molecule has 0 N–H and O–H groups in total. The number of benzene rings is 1. The number of carbonyl (C=O) groups is 1. The van der Waals surface area contributed by atoms with Crippen molar-refractivity contribution in [3.63, 3.8) is 0 Å². The second-order valence-electron chi connectivity index (χ2n) is 6.20. The molecule has 3 nitrogen and oxygen atoms in total. The molecule has 1 aliphatic heterocycles. The van der Waals surface area contributed by atoms with E-state index < -0.39 is 5.82 Å². The molecule has 110 valence electrons. The molecule has 2 aromatic rings. The summed E-state index contributed by atoms with van der Waals surface area (Å²) in [5.74, 6) is -0.0955. The fourth-order valence-electron chi connectivity index (χ4n) is 2.24. The van der Waals surface area contributed by atoms with Gasteiger partial charge in [-0.05, 0) is 18.2 Å². The van der Waals surface area contributed by atoms with Crippen LogP contribution < -0.4 is 4.74 Å². The Hall–Kier alpha value is -1.75. The summed E-state index contributed by atoms with van der Waals surface area (Å²) in [5, 5.41) is 2.95. The van der Waals surface area contributed by atoms with E-state index in [1.165, 1.54) is 18.2 Å². The highest BCUT2D eigenvalue weighted by atomic mass is 32.1. The minimum Gasteiger partial charge on any atom is -0.483 e. The number of fused-ring (bicyclic) bond motifs is 1. The van der Waals surface area contributed by atoms with Crippen molar-refractivity contribution in [3.8, 4) is 5.75 Å². The molecule has 0 radical (unpaired) electrons. The third-order valence-corrected chi connectivity index (χ3v) is 4.66. The molecule has 21 heavy (non-hydrogen) atoms. The molecule has 1 aliphatic rings. The number of ketones is 1. The van der Waals surface area contributed by atoms with E-state index in [9.17, 15) is 9.18 Å². The van der Waals surface area contributed by atoms with Gasteiger partial charge in [0.1, 0.15) is 17.7 Å². The molecule has 0 fully saturated rings. The molecule has 0 saturated heterocycles. The summed E-state index contributed by atoms with van der Waals surface area (Å²) in [6.07, 6.45) is -0.188. The van der Waals surface area contributed by atoms with Gasteiger partial charge in [0.25, 0.3) is 0 Å². The van der Waals surface area contributed by atoms with E-state index in [4.69, 9.17) is 4.74 Å². The van der Waals surface area contributed by atoms with Crippen molar-refractivity contribution in [1.82, 2.24) is 4.98 Å². The lowest BCUT2D eigenvalue weighted by Crippen LogP contribution is -2.21. The molecular formula is C16H16FNO2S. The zero-order valence-corrected chi connectivity index (χ0v) is 13.0. The number of hydrogen-bond donors (Lipinski definition) is 0. The quantitative estimate of drug-likeness (QED) is 0.789. The van der Waals surface area contributed by atoms with Gasteiger partial charge >= 0.3 is 0 Å². The van der Waals surface area contributed by atoms with Crippen LogP contribution in [0.4, 0.5) is 4.39 Å². The molecular weight excluding hydrogens is 289 g/mol. The molecule has 0 spiro atoms. The molecule has 1 unspecified atom stereocenters. The van der Waals surface area contributed by atoms with Crippen molar-refractivity contribution in [2.75, 3.05) is 0 Å². The van der Waals surface area contributed by atoms with Crippen LogP contribution in [-0.2, 0) is 5.41 Å². The zero-order valence-electron chi connectivity index (χ0n) is 12.1. The topological polar surface area (TPSA) is 39.2 Å². The third-order valence-electron chi connectivity index (χ3n) is 3.38. The molecule has 0 bridgehead atoms. The summed E-state index contributed by atoms with van der Waals surface area (Å²) in [7, 11) is 0. The van der Waals surface area contributed by atoms with Crippen LogP contribution in [0.2, 0.25) is 0 Å². The number of hydrogen-bond acceptors (Lipinski definition) is 4. The second kappa shape index (κ2) is 4.91. The van der Waals surface area contributed by atoms with Crippen LogP contribution in [0.25, 0.3) is 0 Å². The predicted molar refractivity (Wildman–Crippen MR) is 79.5 cm³/mol. The largest absolute Gasteiger partial charge is 0.483 e. The zero-order chi connectivity index (χ0) is 15.2. The summed E-state index contributed by atoms with van der Waals surface area (Å²) < 4.78 is 19.0. The van der Waals surface area contributed by atoms with E-state index in [1.54, 1.807) is 11.3 Å². The van der Waals surface area contributed by atoms with Crippen LogP contribution in [0.3, 0.4) is 0 Å². The Morgan fingerprint density at radius 2 is 2.14 bits per heavy atom. The summed E-state index contributed by atoms with van der Waals surface area (Å²) in [5.41, 5.74) is 1.06. The van der Waals surface area contributed by atoms with Crippen LogP contribution in [0.1, 0.15) is 54.4 Å². The van der Waals surface area contributed by atoms with E-state index in [-0.39, 0.29) is 23.7 Å². The van der Waals surface area contributed by atoms with Crippen molar-refractivity contribution in [3.05, 3.63) is 45.7 Å². The lowest BCUT2D eigenvalue weighted by Gasteiger charge is -2.24. The van der Waals surface area contributed by atoms with E-state index in [0.717, 1.165) is 10.7 Å². The SMILES string of the molecule is CC(C)(C)c1nc(C2CC(=O)c3cc(F)ccc3O2)cs1. The van der Waals surface area contributed by atoms with Crippen LogP contribution in [0, 0.1) is 5.82 Å². The molecule has 2 heterocycles. The molecule has 3 rings (SSSR count). The molecule has 0 saturated carbocycles. The molecule has 0 aliphatic carbocycles. The van der Waals surface area contributed by atoms with Crippen LogP contribution in [-0.4, -0.2) is 10.8 Å². The maximum Gasteiger partial charge on any atom is 0.170 e. The van der Waals surface area contributed by atoms with Gasteiger partial charge in [0, 0.05) is 10.8 Å². The lowest BCUT2D eigenvalue weighted by atomic mass is 9.97. The highest BCUT2D eigenvalue weighted by Gasteiger charge is 2.30. The van der Waals surface area contributed by atoms with Gasteiger partial charge in [-0.15, -0.1) is 11.3 Å². The normalized spacial score (nSPS) is 18.3. The number of carbonyl (C=O) groups excluding carboxylic acids is 1. The first kappa shape index (κ1) is 14.2. The Morgan fingerprint density at radius 1 is 1.38 bits per heavy atom. The fraction of sp³-hybridized carbons (Fsp3) is 0.375. The highest BCUT2D eigenvalue weighted by Crippen LogP contribution is 2.36. The van der Waals surface area contributed by atoms with E-state index in [1.807, 2.05) is 5.38 Å². The van der Waals surface area contributed by atoms with Crippen LogP contribution >= 0.6 is 11.3 Å². The van der Waals surface area contributed by atoms with E-state index in [2.05, 4.69) is 25.8 Å². The number of rotatable bonds is 1. The Morgan fingerprint density at radius 3 is 2.81 bits per heavy atom. The summed E-state index contributed by atoms with van der Waals surface area (Å²) >= 11 is 1.57. The first-order chi connectivity index (χ1) is 9.84. The standard InChI is InChI=1S/C16H16FNO2S/c1-16(2,3)15-18-11(8-21-15)14-7-12(19)10-6-9(17)4-5-13(10)20-14/h4-6,8,14H,7H2,1-3H3. The van der Waals surface area contributed by atoms with Gasteiger partial charge in [-0.2, -0.15) is 0 Å². The van der Waals surface area contributed by atoms with Crippen molar-refractivity contribution in [1.29, 1.82) is 0 Å². The Labute approximate surface area is 126 Å². The van der Waals surface area contributed by atoms with E-state index in [0.29, 0.717) is 11.3 Å². The molecule has 1 aromatic heterocycles. The molecule has 1 aromatic carbocycles. The van der Waals surface area contributed by atoms with Crippen LogP contribution in [0.5, 0.6) is 5.75 Å². The van der Waals surface area contributed by atoms with Gasteiger partial charge in [-0.25, -0.2) is 9.37 Å². The molecule has 5 heteroatoms. The number of halogens is 1. The third kappa shape index (κ3) is 2.70. The Bertz CT molecular complexity index is 703. The van der Waals surface area contributed by atoms with Gasteiger partial charge in [0.2, 0.25) is 0 Å². The maximum atomic E-state index is 13.2. The minimum atomic E-state index is -0.423. The Balaban J connectivity index is 1.91. The van der Waals surface area contributed by atoms with Crippen molar-refractivity contribution in [2.45, 2.75) is 38.7 Å². The smallest absolute Gasteiger partial charge is 0.170 e. The number of Topliss-reactive ketones (excluding diaryl/α,β-unsaturated/α-hetero) is 1. The first-order valence-corrected chi connectivity index (χ1v) is 7.68. The average Bonchev–Trinajstić information content (AvgIpc) is 2.89. The number of ether oxygens (including phenoxy) is 1. The van der Waals surface area contributed by atoms with Gasteiger partial charge in [0.05, 0.1) is 22.7 Å². The first-order valence-electron chi connectivity index (χ1n) is 6.80. The summed E-state index contributed by atoms with van der Waals surface area (Å²) in [6.45, 7) is 6.29. The number of aromatic nitrogens is 1. The van der Waals surface area contributed by atoms with Crippen molar-refractivity contribution in [2.24, 2.45) is 0 Å². The fourth-order valence-corrected chi connectivity index (χ4v) is 3.19. The lowest BCUT2D eigenvalue weighted by molar-refractivity contribution is 0.0844. The van der Waals surface area contributed by atoms with Gasteiger partial charge in [0.15, 0.2) is 5.78 Å². The second-order valence-corrected chi connectivity index (χ2v) is 7.06. The summed E-state index contributed by atoms with van der Waals surface area (Å²) in [4.78, 5) is 16.8. The number of nitrogens with zero attached hydrogens (tertiary/aromatic N) is 1. The molecule has 0 amide bonds. The molecule has 1 atom stereocenters. The predicted octanol–water partition coefficient (Wildman–Crippen LogP) is 4.29. The van der Waals surface area contributed by atoms with Crippen molar-refractivity contribution >= 4 is 17.1 Å². The Kier molecular flexibility index (Phi) is 3.32. The maximum absolute atomic E-state index is 13.2. The minimum absolute atomic E-state index is 0.0252. The monoisotopic (exact) mass is 305 g/mol. The van der Waals surface area contributed by atoms with Crippen molar-refractivity contribution < 1.29 is 13.9 Å². The van der Waals surface area contributed by atoms with Gasteiger partial charge in [-0.1, -0.05) is 20.8 Å².